The van der Waals surface area contributed by atoms with E-state index in [9.17, 15) is 14.4 Å². The van der Waals surface area contributed by atoms with Crippen LogP contribution in [0.15, 0.2) is 54.6 Å². The van der Waals surface area contributed by atoms with Gasteiger partial charge < -0.3 is 14.5 Å². The average Bonchev–Trinajstić information content (AvgIpc) is 3.15. The normalized spacial score (nSPS) is 17.0. The first-order valence-electron chi connectivity index (χ1n) is 10.3. The first kappa shape index (κ1) is 21.6. The Balaban J connectivity index is 1.55. The van der Waals surface area contributed by atoms with Crippen LogP contribution in [-0.4, -0.2) is 42.4 Å². The van der Waals surface area contributed by atoms with Crippen LogP contribution in [0.3, 0.4) is 0 Å². The summed E-state index contributed by atoms with van der Waals surface area (Å²) >= 11 is 0. The zero-order valence-electron chi connectivity index (χ0n) is 17.7. The highest BCUT2D eigenvalue weighted by Crippen LogP contribution is 2.26. The van der Waals surface area contributed by atoms with Crippen LogP contribution in [0, 0.1) is 5.92 Å². The van der Waals surface area contributed by atoms with Crippen LogP contribution in [0.1, 0.15) is 31.4 Å². The molecule has 2 aromatic rings. The number of benzene rings is 2. The number of carbonyl (C=O) groups excluding carboxylic acids is 3. The van der Waals surface area contributed by atoms with E-state index in [2.05, 4.69) is 6.92 Å². The topological polar surface area (TPSA) is 66.9 Å². The average molecular weight is 408 g/mol. The van der Waals surface area contributed by atoms with Crippen LogP contribution in [0.2, 0.25) is 0 Å². The molecular weight excluding hydrogens is 380 g/mol. The smallest absolute Gasteiger partial charge is 0.312 e. The first-order valence-corrected chi connectivity index (χ1v) is 10.3. The fourth-order valence-corrected chi connectivity index (χ4v) is 3.59. The predicted octanol–water partition coefficient (Wildman–Crippen LogP) is 3.19. The Morgan fingerprint density at radius 1 is 1.10 bits per heavy atom. The highest BCUT2D eigenvalue weighted by molar-refractivity contribution is 5.99. The molecule has 6 nitrogen and oxygen atoms in total. The van der Waals surface area contributed by atoms with Crippen molar-refractivity contribution in [3.63, 3.8) is 0 Å². The molecule has 0 radical (unpaired) electrons. The quantitative estimate of drug-likeness (QED) is 0.660. The summed E-state index contributed by atoms with van der Waals surface area (Å²) in [6.45, 7) is 4.34. The number of anilines is 1. The Kier molecular flexibility index (Phi) is 6.87. The van der Waals surface area contributed by atoms with E-state index in [0.717, 1.165) is 17.7 Å². The molecule has 1 aliphatic rings. The van der Waals surface area contributed by atoms with Gasteiger partial charge in [0.05, 0.1) is 5.92 Å². The number of rotatable bonds is 7. The van der Waals surface area contributed by atoms with Crippen molar-refractivity contribution >= 4 is 23.5 Å². The molecule has 0 aromatic heterocycles. The van der Waals surface area contributed by atoms with Gasteiger partial charge in [-0.25, -0.2) is 0 Å². The van der Waals surface area contributed by atoms with Crippen LogP contribution < -0.4 is 4.90 Å². The van der Waals surface area contributed by atoms with Crippen molar-refractivity contribution in [2.24, 2.45) is 5.92 Å². The molecule has 0 bridgehead atoms. The number of likely N-dealkylation sites (N-methyl/N-ethyl adjacent to an activating group) is 1. The molecule has 2 aromatic carbocycles. The highest BCUT2D eigenvalue weighted by atomic mass is 16.5. The molecular formula is C24H28N2O4. The van der Waals surface area contributed by atoms with Gasteiger partial charge in [-0.15, -0.1) is 0 Å². The van der Waals surface area contributed by atoms with Gasteiger partial charge in [0.15, 0.2) is 6.10 Å². The Morgan fingerprint density at radius 3 is 2.40 bits per heavy atom. The largest absolute Gasteiger partial charge is 0.452 e. The summed E-state index contributed by atoms with van der Waals surface area (Å²) in [6, 6.07) is 17.4. The molecule has 1 fully saturated rings. The van der Waals surface area contributed by atoms with Gasteiger partial charge >= 0.3 is 5.97 Å². The number of amides is 2. The minimum Gasteiger partial charge on any atom is -0.452 e. The second kappa shape index (κ2) is 9.57. The number of ether oxygens (including phenoxy) is 1. The van der Waals surface area contributed by atoms with Gasteiger partial charge in [-0.3, -0.25) is 14.4 Å². The maximum Gasteiger partial charge on any atom is 0.312 e. The summed E-state index contributed by atoms with van der Waals surface area (Å²) in [7, 11) is 1.68. The molecule has 6 heteroatoms. The molecule has 1 heterocycles. The van der Waals surface area contributed by atoms with Gasteiger partial charge in [0.2, 0.25) is 5.91 Å². The van der Waals surface area contributed by atoms with Gasteiger partial charge in [0, 0.05) is 32.2 Å². The van der Waals surface area contributed by atoms with E-state index in [0.29, 0.717) is 6.54 Å². The van der Waals surface area contributed by atoms with Crippen molar-refractivity contribution < 1.29 is 19.1 Å². The molecule has 0 aliphatic carbocycles. The number of nitrogens with zero attached hydrogens (tertiary/aromatic N) is 2. The lowest BCUT2D eigenvalue weighted by atomic mass is 10.1. The van der Waals surface area contributed by atoms with Crippen LogP contribution in [-0.2, 0) is 32.1 Å². The molecule has 2 unspecified atom stereocenters. The van der Waals surface area contributed by atoms with E-state index in [-0.39, 0.29) is 24.8 Å². The SMILES string of the molecule is CCc1ccc(N2CC(C(=O)OC(C)C(=O)N(C)Cc3ccccc3)CC2=O)cc1. The van der Waals surface area contributed by atoms with E-state index in [4.69, 9.17) is 4.74 Å². The molecule has 158 valence electrons. The standard InChI is InChI=1S/C24H28N2O4/c1-4-18-10-12-21(13-11-18)26-16-20(14-22(26)27)24(29)30-17(2)23(28)25(3)15-19-8-6-5-7-9-19/h5-13,17,20H,4,14-16H2,1-3H3. The number of esters is 1. The Morgan fingerprint density at radius 2 is 1.77 bits per heavy atom. The third kappa shape index (κ3) is 5.06. The molecule has 0 N–H and O–H groups in total. The fourth-order valence-electron chi connectivity index (χ4n) is 3.59. The molecule has 2 atom stereocenters. The van der Waals surface area contributed by atoms with Gasteiger partial charge in [0.1, 0.15) is 0 Å². The highest BCUT2D eigenvalue weighted by Gasteiger charge is 2.37. The molecule has 3 rings (SSSR count). The Bertz CT molecular complexity index is 895. The Hall–Kier alpha value is -3.15. The molecule has 0 spiro atoms. The minimum atomic E-state index is -0.904. The number of aryl methyl sites for hydroxylation is 1. The van der Waals surface area contributed by atoms with E-state index in [1.165, 1.54) is 10.5 Å². The lowest BCUT2D eigenvalue weighted by molar-refractivity contribution is -0.161. The van der Waals surface area contributed by atoms with Crippen molar-refractivity contribution in [1.82, 2.24) is 4.90 Å². The van der Waals surface area contributed by atoms with E-state index in [1.807, 2.05) is 54.6 Å². The maximum absolute atomic E-state index is 12.6. The van der Waals surface area contributed by atoms with Crippen molar-refractivity contribution in [3.05, 3.63) is 65.7 Å². The summed E-state index contributed by atoms with van der Waals surface area (Å²) in [5.74, 6) is -1.46. The maximum atomic E-state index is 12.6. The molecule has 2 amide bonds. The lowest BCUT2D eigenvalue weighted by Crippen LogP contribution is -2.38. The monoisotopic (exact) mass is 408 g/mol. The predicted molar refractivity (Wildman–Crippen MR) is 115 cm³/mol. The van der Waals surface area contributed by atoms with Gasteiger partial charge in [-0.2, -0.15) is 0 Å². The van der Waals surface area contributed by atoms with Crippen molar-refractivity contribution in [2.45, 2.75) is 39.3 Å². The van der Waals surface area contributed by atoms with E-state index < -0.39 is 18.0 Å². The second-order valence-electron chi connectivity index (χ2n) is 7.68. The number of carbonyl (C=O) groups is 3. The molecule has 30 heavy (non-hydrogen) atoms. The van der Waals surface area contributed by atoms with Crippen LogP contribution in [0.25, 0.3) is 0 Å². The fraction of sp³-hybridized carbons (Fsp3) is 0.375. The van der Waals surface area contributed by atoms with Crippen molar-refractivity contribution in [3.8, 4) is 0 Å². The molecule has 0 saturated carbocycles. The minimum absolute atomic E-state index is 0.0924. The Labute approximate surface area is 177 Å². The van der Waals surface area contributed by atoms with Crippen molar-refractivity contribution in [2.75, 3.05) is 18.5 Å². The van der Waals surface area contributed by atoms with Gasteiger partial charge in [-0.05, 0) is 36.6 Å². The summed E-state index contributed by atoms with van der Waals surface area (Å²) in [4.78, 5) is 40.7. The summed E-state index contributed by atoms with van der Waals surface area (Å²) in [5, 5.41) is 0. The first-order chi connectivity index (χ1) is 14.4. The molecule has 1 aliphatic heterocycles. The zero-order valence-corrected chi connectivity index (χ0v) is 17.7. The molecule has 1 saturated heterocycles. The van der Waals surface area contributed by atoms with Crippen molar-refractivity contribution in [1.29, 1.82) is 0 Å². The second-order valence-corrected chi connectivity index (χ2v) is 7.68. The lowest BCUT2D eigenvalue weighted by Gasteiger charge is -2.22. The summed E-state index contributed by atoms with van der Waals surface area (Å²) in [6.07, 6.45) is 0.113. The van der Waals surface area contributed by atoms with E-state index in [1.54, 1.807) is 18.9 Å². The van der Waals surface area contributed by atoms with Crippen LogP contribution in [0.4, 0.5) is 5.69 Å². The third-order valence-electron chi connectivity index (χ3n) is 5.39. The number of hydrogen-bond donors (Lipinski definition) is 0. The van der Waals surface area contributed by atoms with Crippen LogP contribution in [0.5, 0.6) is 0 Å². The summed E-state index contributed by atoms with van der Waals surface area (Å²) < 4.78 is 5.41. The summed E-state index contributed by atoms with van der Waals surface area (Å²) in [5.41, 5.74) is 2.96. The van der Waals surface area contributed by atoms with E-state index >= 15 is 0 Å². The van der Waals surface area contributed by atoms with Crippen LogP contribution >= 0.6 is 0 Å². The number of hydrogen-bond acceptors (Lipinski definition) is 4. The van der Waals surface area contributed by atoms with Gasteiger partial charge in [0.25, 0.3) is 5.91 Å². The third-order valence-corrected chi connectivity index (χ3v) is 5.39. The van der Waals surface area contributed by atoms with Gasteiger partial charge in [-0.1, -0.05) is 49.4 Å². The zero-order chi connectivity index (χ0) is 21.7.